The normalized spacial score (nSPS) is 11.8. The number of nitrogen functional groups attached to an aromatic ring is 1. The van der Waals surface area contributed by atoms with Crippen molar-refractivity contribution in [3.63, 3.8) is 0 Å². The van der Waals surface area contributed by atoms with Crippen LogP contribution >= 0.6 is 0 Å². The van der Waals surface area contributed by atoms with Crippen LogP contribution in [0, 0.1) is 0 Å². The van der Waals surface area contributed by atoms with E-state index in [1.807, 2.05) is 30.3 Å². The standard InChI is InChI=1S/C18H16N2O5.ClH/c1-21-14-4-3-10(5-13(14)19)12-8-25-20-17(12)11-6-15(22-2)18-16(7-11)23-9-24-18;/h3-8H,9,19H2,1-2H3;1H. The Morgan fingerprint density at radius 3 is 2.54 bits per heavy atom. The van der Waals surface area contributed by atoms with Gasteiger partial charge in [-0.1, -0.05) is 6.07 Å². The minimum Gasteiger partial charge on any atom is -1.00 e. The number of nitrogens with one attached hydrogen (secondary N) is 1. The first-order chi connectivity index (χ1) is 12.2. The van der Waals surface area contributed by atoms with Crippen molar-refractivity contribution in [3.8, 4) is 45.4 Å². The van der Waals surface area contributed by atoms with E-state index in [4.69, 9.17) is 29.2 Å². The summed E-state index contributed by atoms with van der Waals surface area (Å²) in [6.07, 6.45) is 1.63. The number of methoxy groups -OCH3 is 2. The van der Waals surface area contributed by atoms with E-state index in [2.05, 4.69) is 5.16 Å². The van der Waals surface area contributed by atoms with Crippen LogP contribution in [0.15, 0.2) is 41.1 Å². The van der Waals surface area contributed by atoms with E-state index in [1.165, 1.54) is 0 Å². The van der Waals surface area contributed by atoms with Gasteiger partial charge in [0.15, 0.2) is 17.8 Å². The average Bonchev–Trinajstić information content (AvgIpc) is 3.29. The predicted molar refractivity (Wildman–Crippen MR) is 89.8 cm³/mol. The number of rotatable bonds is 4. The van der Waals surface area contributed by atoms with Crippen molar-refractivity contribution in [2.24, 2.45) is 0 Å². The van der Waals surface area contributed by atoms with Gasteiger partial charge < -0.3 is 37.1 Å². The van der Waals surface area contributed by atoms with Gasteiger partial charge in [-0.3, -0.25) is 0 Å². The lowest BCUT2D eigenvalue weighted by Crippen LogP contribution is -3.00. The number of fused-ring (bicyclic) bond motifs is 1. The second-order valence-corrected chi connectivity index (χ2v) is 5.50. The molecule has 7 nitrogen and oxygen atoms in total. The molecule has 3 N–H and O–H groups in total. The summed E-state index contributed by atoms with van der Waals surface area (Å²) in [6, 6.07) is 9.32. The van der Waals surface area contributed by atoms with E-state index in [1.54, 1.807) is 20.5 Å². The van der Waals surface area contributed by atoms with Crippen LogP contribution in [-0.2, 0) is 0 Å². The molecule has 1 aliphatic heterocycles. The molecule has 0 unspecified atom stereocenters. The highest BCUT2D eigenvalue weighted by Gasteiger charge is 2.26. The first-order valence-corrected chi connectivity index (χ1v) is 7.62. The molecule has 2 aromatic carbocycles. The Labute approximate surface area is 156 Å². The molecule has 2 heterocycles. The van der Waals surface area contributed by atoms with Gasteiger partial charge in [0.1, 0.15) is 11.3 Å². The highest BCUT2D eigenvalue weighted by molar-refractivity contribution is 5.82. The van der Waals surface area contributed by atoms with Gasteiger partial charge in [0.05, 0.1) is 25.5 Å². The number of halogens is 1. The van der Waals surface area contributed by atoms with Gasteiger partial charge in [-0.2, -0.15) is 0 Å². The first kappa shape index (κ1) is 17.8. The zero-order valence-corrected chi connectivity index (χ0v) is 14.9. The molecule has 0 aliphatic carbocycles. The highest BCUT2D eigenvalue weighted by Crippen LogP contribution is 2.45. The number of anilines is 1. The number of hydrogen-bond acceptors (Lipinski definition) is 6. The van der Waals surface area contributed by atoms with Gasteiger partial charge >= 0.3 is 0 Å². The third-order valence-corrected chi connectivity index (χ3v) is 4.09. The minimum atomic E-state index is 0. The Bertz CT molecular complexity index is 941. The molecule has 136 valence electrons. The quantitative estimate of drug-likeness (QED) is 0.632. The fourth-order valence-electron chi connectivity index (χ4n) is 2.86. The van der Waals surface area contributed by atoms with Crippen molar-refractivity contribution < 1.29 is 41.0 Å². The number of H-pyrrole nitrogens is 1. The van der Waals surface area contributed by atoms with Crippen LogP contribution in [0.3, 0.4) is 0 Å². The summed E-state index contributed by atoms with van der Waals surface area (Å²) >= 11 is 0. The largest absolute Gasteiger partial charge is 1.00 e. The van der Waals surface area contributed by atoms with Crippen molar-refractivity contribution >= 4 is 5.69 Å². The summed E-state index contributed by atoms with van der Waals surface area (Å²) in [7, 11) is 3.17. The van der Waals surface area contributed by atoms with Crippen LogP contribution in [0.4, 0.5) is 5.69 Å². The molecule has 0 fully saturated rings. The smallest absolute Gasteiger partial charge is 0.267 e. The molecular formula is C18H17ClN2O5. The van der Waals surface area contributed by atoms with Crippen molar-refractivity contribution in [1.29, 1.82) is 0 Å². The lowest BCUT2D eigenvalue weighted by atomic mass is 10.0. The third kappa shape index (κ3) is 2.86. The maximum Gasteiger partial charge on any atom is 0.267 e. The maximum absolute atomic E-state index is 6.02. The molecule has 8 heteroatoms. The molecule has 0 spiro atoms. The van der Waals surface area contributed by atoms with E-state index in [0.717, 1.165) is 22.4 Å². The van der Waals surface area contributed by atoms with E-state index >= 15 is 0 Å². The summed E-state index contributed by atoms with van der Waals surface area (Å²) in [5, 5.41) is 2.91. The summed E-state index contributed by atoms with van der Waals surface area (Å²) in [4.78, 5) is 0. The first-order valence-electron chi connectivity index (χ1n) is 7.62. The van der Waals surface area contributed by atoms with E-state index < -0.39 is 0 Å². The minimum absolute atomic E-state index is 0. The van der Waals surface area contributed by atoms with E-state index in [9.17, 15) is 0 Å². The van der Waals surface area contributed by atoms with Crippen LogP contribution < -0.4 is 42.2 Å². The van der Waals surface area contributed by atoms with Gasteiger partial charge in [-0.15, -0.1) is 0 Å². The summed E-state index contributed by atoms with van der Waals surface area (Å²) < 4.78 is 26.9. The maximum atomic E-state index is 6.02. The lowest BCUT2D eigenvalue weighted by Gasteiger charge is -2.07. The molecule has 3 aromatic rings. The predicted octanol–water partition coefficient (Wildman–Crippen LogP) is -0.240. The Kier molecular flexibility index (Phi) is 4.81. The van der Waals surface area contributed by atoms with Crippen molar-refractivity contribution in [1.82, 2.24) is 0 Å². The molecule has 0 amide bonds. The van der Waals surface area contributed by atoms with Crippen LogP contribution in [-0.4, -0.2) is 21.0 Å². The lowest BCUT2D eigenvalue weighted by molar-refractivity contribution is -0.599. The molecule has 0 saturated carbocycles. The van der Waals surface area contributed by atoms with Crippen LogP contribution in [0.25, 0.3) is 22.4 Å². The number of nitrogens with two attached hydrogens (primary N) is 1. The van der Waals surface area contributed by atoms with Gasteiger partial charge in [0.25, 0.3) is 5.69 Å². The molecule has 4 rings (SSSR count). The molecule has 0 atom stereocenters. The van der Waals surface area contributed by atoms with Gasteiger partial charge in [0.2, 0.25) is 12.5 Å². The Hall–Kier alpha value is -3.06. The van der Waals surface area contributed by atoms with Crippen LogP contribution in [0.5, 0.6) is 23.0 Å². The van der Waals surface area contributed by atoms with E-state index in [-0.39, 0.29) is 19.2 Å². The van der Waals surface area contributed by atoms with Gasteiger partial charge in [0, 0.05) is 0 Å². The van der Waals surface area contributed by atoms with Crippen molar-refractivity contribution in [3.05, 3.63) is 36.6 Å². The van der Waals surface area contributed by atoms with Crippen molar-refractivity contribution in [2.45, 2.75) is 0 Å². The number of hydrogen-bond donors (Lipinski definition) is 1. The summed E-state index contributed by atoms with van der Waals surface area (Å²) in [6.45, 7) is 0.173. The number of aromatic nitrogens is 1. The van der Waals surface area contributed by atoms with Crippen molar-refractivity contribution in [2.75, 3.05) is 26.7 Å². The van der Waals surface area contributed by atoms with Crippen LogP contribution in [0.2, 0.25) is 0 Å². The van der Waals surface area contributed by atoms with Gasteiger partial charge in [-0.05, 0) is 35.0 Å². The zero-order chi connectivity index (χ0) is 17.4. The van der Waals surface area contributed by atoms with E-state index in [0.29, 0.717) is 28.7 Å². The topological polar surface area (TPSA) is 90.2 Å². The Morgan fingerprint density at radius 1 is 1.00 bits per heavy atom. The monoisotopic (exact) mass is 376 g/mol. The number of ether oxygens (including phenoxy) is 4. The fraction of sp³-hybridized carbons (Fsp3) is 0.167. The SMILES string of the molecule is COc1ccc(-c2co[nH+]c2-c2cc(OC)c3c(c2)OCO3)cc1N.[Cl-]. The summed E-state index contributed by atoms with van der Waals surface area (Å²) in [5.74, 6) is 2.46. The molecule has 1 aliphatic rings. The number of benzene rings is 2. The van der Waals surface area contributed by atoms with Gasteiger partial charge in [-0.25, -0.2) is 4.52 Å². The molecule has 0 saturated heterocycles. The molecule has 0 bridgehead atoms. The summed E-state index contributed by atoms with van der Waals surface area (Å²) in [5.41, 5.74) is 9.96. The molecule has 26 heavy (non-hydrogen) atoms. The Morgan fingerprint density at radius 2 is 1.81 bits per heavy atom. The second kappa shape index (κ2) is 7.05. The number of aromatic amines is 1. The zero-order valence-electron chi connectivity index (χ0n) is 14.2. The Balaban J connectivity index is 0.00000196. The fourth-order valence-corrected chi connectivity index (χ4v) is 2.86. The third-order valence-electron chi connectivity index (χ3n) is 4.09. The molecular weight excluding hydrogens is 360 g/mol. The average molecular weight is 377 g/mol. The molecule has 1 aromatic heterocycles. The second-order valence-electron chi connectivity index (χ2n) is 5.50. The van der Waals surface area contributed by atoms with Crippen LogP contribution in [0.1, 0.15) is 0 Å². The highest BCUT2D eigenvalue weighted by atomic mass is 35.5. The molecule has 0 radical (unpaired) electrons.